The number of hydrogen-bond acceptors (Lipinski definition) is 2. The highest BCUT2D eigenvalue weighted by molar-refractivity contribution is 7.80. The van der Waals surface area contributed by atoms with Gasteiger partial charge in [-0.2, -0.15) is 0 Å². The van der Waals surface area contributed by atoms with E-state index in [0.717, 1.165) is 62.6 Å². The Morgan fingerprint density at radius 2 is 1.09 bits per heavy atom. The number of quaternary nitrogens is 2. The molecule has 8 heteroatoms. The van der Waals surface area contributed by atoms with Gasteiger partial charge in [-0.05, 0) is 24.4 Å². The van der Waals surface area contributed by atoms with Crippen molar-refractivity contribution in [3.05, 3.63) is 0 Å². The predicted molar refractivity (Wildman–Crippen MR) is 99.7 cm³/mol. The van der Waals surface area contributed by atoms with Crippen molar-refractivity contribution in [3.63, 3.8) is 0 Å². The molecule has 0 atom stereocenters. The Kier molecular flexibility index (Phi) is 8.92. The predicted octanol–water partition coefficient (Wildman–Crippen LogP) is -3.36. The van der Waals surface area contributed by atoms with E-state index in [9.17, 15) is 0 Å². The third kappa shape index (κ3) is 7.53. The molecule has 1 heterocycles. The fourth-order valence-electron chi connectivity index (χ4n) is 2.18. The summed E-state index contributed by atoms with van der Waals surface area (Å²) in [6.45, 7) is 7.72. The highest BCUT2D eigenvalue weighted by Crippen LogP contribution is 2.02. The minimum absolute atomic E-state index is 0.871. The smallest absolute Gasteiger partial charge is 0.169 e. The summed E-state index contributed by atoms with van der Waals surface area (Å²) in [4.78, 5) is 7.33. The molecule has 1 fully saturated rings. The molecule has 22 heavy (non-hydrogen) atoms. The summed E-state index contributed by atoms with van der Waals surface area (Å²) in [6.07, 6.45) is 0. The normalized spacial score (nSPS) is 15.4. The molecule has 0 amide bonds. The van der Waals surface area contributed by atoms with Crippen LogP contribution in [-0.2, 0) is 0 Å². The van der Waals surface area contributed by atoms with E-state index in [1.165, 1.54) is 9.80 Å². The lowest BCUT2D eigenvalue weighted by atomic mass is 10.3. The van der Waals surface area contributed by atoms with Crippen molar-refractivity contribution in [2.75, 3.05) is 80.5 Å². The maximum Gasteiger partial charge on any atom is 0.169 e. The van der Waals surface area contributed by atoms with Crippen LogP contribution in [-0.4, -0.2) is 101 Å². The molecule has 128 valence electrons. The van der Waals surface area contributed by atoms with Crippen LogP contribution >= 0.6 is 24.4 Å². The zero-order chi connectivity index (χ0) is 16.5. The number of thiocarbonyl (C=S) groups is 2. The number of hydrogen-bond donors (Lipinski definition) is 4. The molecule has 1 saturated heterocycles. The molecule has 1 rings (SSSR count). The molecule has 0 aliphatic carbocycles. The van der Waals surface area contributed by atoms with Gasteiger partial charge in [0.05, 0.1) is 54.4 Å². The maximum absolute atomic E-state index is 5.46. The van der Waals surface area contributed by atoms with Crippen molar-refractivity contribution < 1.29 is 9.80 Å². The first kappa shape index (κ1) is 19.3. The van der Waals surface area contributed by atoms with E-state index in [4.69, 9.17) is 24.4 Å². The van der Waals surface area contributed by atoms with Crippen molar-refractivity contribution in [3.8, 4) is 0 Å². The Morgan fingerprint density at radius 1 is 0.773 bits per heavy atom. The van der Waals surface area contributed by atoms with E-state index in [0.29, 0.717) is 0 Å². The van der Waals surface area contributed by atoms with Gasteiger partial charge >= 0.3 is 0 Å². The first-order valence-corrected chi connectivity index (χ1v) is 8.85. The minimum Gasteiger partial charge on any atom is -0.357 e. The van der Waals surface area contributed by atoms with Crippen LogP contribution in [0, 0.1) is 0 Å². The van der Waals surface area contributed by atoms with E-state index in [1.807, 2.05) is 0 Å². The van der Waals surface area contributed by atoms with Gasteiger partial charge in [-0.15, -0.1) is 0 Å². The molecule has 0 saturated carbocycles. The number of nitrogens with one attached hydrogen (secondary N) is 4. The quantitative estimate of drug-likeness (QED) is 0.376. The summed E-state index contributed by atoms with van der Waals surface area (Å²) in [5, 5.41) is 8.43. The van der Waals surface area contributed by atoms with Crippen molar-refractivity contribution in [2.45, 2.75) is 0 Å². The van der Waals surface area contributed by atoms with Crippen LogP contribution in [0.5, 0.6) is 0 Å². The standard InChI is InChI=1S/C14H30N6S2/c1-17(2)7-5-15-13(21)19-9-11-20(12-10-19)14(22)16-6-8-18(3)4/h5-12H2,1-4H3,(H,15,21)(H,16,22)/p+2. The Morgan fingerprint density at radius 3 is 1.36 bits per heavy atom. The van der Waals surface area contributed by atoms with Crippen LogP contribution < -0.4 is 20.4 Å². The highest BCUT2D eigenvalue weighted by Gasteiger charge is 2.20. The molecule has 0 aromatic heterocycles. The van der Waals surface area contributed by atoms with Gasteiger partial charge in [0.2, 0.25) is 0 Å². The van der Waals surface area contributed by atoms with Gasteiger partial charge in [0.1, 0.15) is 0 Å². The minimum atomic E-state index is 0.871. The average molecular weight is 349 g/mol. The summed E-state index contributed by atoms with van der Waals surface area (Å²) in [6, 6.07) is 0. The van der Waals surface area contributed by atoms with E-state index in [2.05, 4.69) is 48.6 Å². The molecule has 6 nitrogen and oxygen atoms in total. The summed E-state index contributed by atoms with van der Waals surface area (Å²) < 4.78 is 0. The van der Waals surface area contributed by atoms with Crippen molar-refractivity contribution in [1.82, 2.24) is 20.4 Å². The second-order valence-electron chi connectivity index (χ2n) is 6.35. The van der Waals surface area contributed by atoms with Gasteiger partial charge in [0, 0.05) is 26.2 Å². The molecule has 0 unspecified atom stereocenters. The van der Waals surface area contributed by atoms with Gasteiger partial charge in [0.15, 0.2) is 10.2 Å². The SMILES string of the molecule is C[NH+](C)CCNC(=S)N1CCN(C(=S)NCC[NH+](C)C)CC1. The van der Waals surface area contributed by atoms with Crippen LogP contribution in [0.4, 0.5) is 0 Å². The molecular weight excluding hydrogens is 316 g/mol. The molecular formula is C14H32N6S2+2. The number of rotatable bonds is 6. The second kappa shape index (κ2) is 10.1. The fraction of sp³-hybridized carbons (Fsp3) is 0.857. The van der Waals surface area contributed by atoms with E-state index in [1.54, 1.807) is 0 Å². The Hall–Kier alpha value is -0.700. The molecule has 0 radical (unpaired) electrons. The molecule has 0 aromatic carbocycles. The van der Waals surface area contributed by atoms with E-state index in [-0.39, 0.29) is 0 Å². The van der Waals surface area contributed by atoms with Gasteiger partial charge < -0.3 is 30.2 Å². The van der Waals surface area contributed by atoms with Crippen molar-refractivity contribution in [1.29, 1.82) is 0 Å². The number of likely N-dealkylation sites (N-methyl/N-ethyl adjacent to an activating group) is 2. The van der Waals surface area contributed by atoms with Crippen LogP contribution in [0.1, 0.15) is 0 Å². The van der Waals surface area contributed by atoms with Crippen molar-refractivity contribution >= 4 is 34.7 Å². The zero-order valence-electron chi connectivity index (χ0n) is 14.4. The maximum atomic E-state index is 5.46. The fourth-order valence-corrected chi connectivity index (χ4v) is 2.74. The van der Waals surface area contributed by atoms with E-state index >= 15 is 0 Å². The molecule has 0 aromatic rings. The summed E-state index contributed by atoms with van der Waals surface area (Å²) in [7, 11) is 8.59. The molecule has 1 aliphatic heterocycles. The van der Waals surface area contributed by atoms with Crippen LogP contribution in [0.25, 0.3) is 0 Å². The first-order chi connectivity index (χ1) is 10.4. The van der Waals surface area contributed by atoms with Gasteiger partial charge in [-0.25, -0.2) is 0 Å². The summed E-state index contributed by atoms with van der Waals surface area (Å²) in [5.41, 5.74) is 0. The van der Waals surface area contributed by atoms with Gasteiger partial charge in [-0.1, -0.05) is 0 Å². The average Bonchev–Trinajstić information content (AvgIpc) is 2.46. The third-order valence-corrected chi connectivity index (χ3v) is 4.46. The third-order valence-electron chi connectivity index (χ3n) is 3.66. The van der Waals surface area contributed by atoms with Gasteiger partial charge in [-0.3, -0.25) is 0 Å². The lowest BCUT2D eigenvalue weighted by Gasteiger charge is -2.37. The number of nitrogens with zero attached hydrogens (tertiary/aromatic N) is 2. The van der Waals surface area contributed by atoms with Crippen LogP contribution in [0.2, 0.25) is 0 Å². The molecule has 4 N–H and O–H groups in total. The van der Waals surface area contributed by atoms with Crippen molar-refractivity contribution in [2.24, 2.45) is 0 Å². The molecule has 0 bridgehead atoms. The lowest BCUT2D eigenvalue weighted by molar-refractivity contribution is -0.856. The Bertz CT molecular complexity index is 319. The Labute approximate surface area is 145 Å². The lowest BCUT2D eigenvalue weighted by Crippen LogP contribution is -3.06. The number of piperazine rings is 1. The highest BCUT2D eigenvalue weighted by atomic mass is 32.1. The molecule has 0 spiro atoms. The topological polar surface area (TPSA) is 39.4 Å². The Balaban J connectivity index is 2.22. The molecule has 1 aliphatic rings. The van der Waals surface area contributed by atoms with Crippen LogP contribution in [0.3, 0.4) is 0 Å². The van der Waals surface area contributed by atoms with Gasteiger partial charge in [0.25, 0.3) is 0 Å². The summed E-state index contributed by atoms with van der Waals surface area (Å²) in [5.74, 6) is 0. The first-order valence-electron chi connectivity index (χ1n) is 8.03. The van der Waals surface area contributed by atoms with Crippen LogP contribution in [0.15, 0.2) is 0 Å². The largest absolute Gasteiger partial charge is 0.357 e. The zero-order valence-corrected chi connectivity index (χ0v) is 16.0. The van der Waals surface area contributed by atoms with E-state index < -0.39 is 0 Å². The monoisotopic (exact) mass is 348 g/mol. The second-order valence-corrected chi connectivity index (χ2v) is 7.13. The summed E-state index contributed by atoms with van der Waals surface area (Å²) >= 11 is 10.9.